The van der Waals surface area contributed by atoms with Crippen molar-refractivity contribution in [3.8, 4) is 6.07 Å². The topological polar surface area (TPSA) is 81.9 Å². The van der Waals surface area contributed by atoms with Crippen molar-refractivity contribution in [1.82, 2.24) is 15.3 Å². The number of nitrogens with one attached hydrogen (secondary N) is 1. The van der Waals surface area contributed by atoms with Gasteiger partial charge >= 0.3 is 0 Å². The number of amides is 1. The number of carbonyl (C=O) groups excluding carboxylic acids is 1. The Labute approximate surface area is 159 Å². The van der Waals surface area contributed by atoms with Crippen molar-refractivity contribution in [2.75, 3.05) is 24.5 Å². The molecule has 1 unspecified atom stereocenters. The van der Waals surface area contributed by atoms with Crippen LogP contribution in [0.15, 0.2) is 36.9 Å². The quantitative estimate of drug-likeness (QED) is 0.629. The second-order valence-electron chi connectivity index (χ2n) is 6.75. The monoisotopic (exact) mass is 363 g/mol. The molecule has 0 bridgehead atoms. The first-order valence-electron chi connectivity index (χ1n) is 9.54. The summed E-state index contributed by atoms with van der Waals surface area (Å²) in [4.78, 5) is 24.3. The number of fused-ring (bicyclic) bond motifs is 1. The Morgan fingerprint density at radius 1 is 1.22 bits per heavy atom. The van der Waals surface area contributed by atoms with Gasteiger partial charge in [-0.3, -0.25) is 4.79 Å². The van der Waals surface area contributed by atoms with E-state index >= 15 is 0 Å². The molecule has 2 heterocycles. The first-order valence-corrected chi connectivity index (χ1v) is 9.54. The summed E-state index contributed by atoms with van der Waals surface area (Å²) < 4.78 is 0. The maximum Gasteiger partial charge on any atom is 0.243 e. The SMILES string of the molecule is C=CCCNC(=O)C(C#N)c1nc2ccccc2nc1N1CCCCCC1. The molecule has 6 heteroatoms. The summed E-state index contributed by atoms with van der Waals surface area (Å²) in [6.45, 7) is 5.86. The Bertz CT molecular complexity index is 849. The van der Waals surface area contributed by atoms with E-state index in [9.17, 15) is 10.1 Å². The summed E-state index contributed by atoms with van der Waals surface area (Å²) in [5.74, 6) is -0.647. The highest BCUT2D eigenvalue weighted by Gasteiger charge is 2.28. The lowest BCUT2D eigenvalue weighted by Crippen LogP contribution is -2.33. The summed E-state index contributed by atoms with van der Waals surface area (Å²) in [7, 11) is 0. The molecular formula is C21H25N5O. The van der Waals surface area contributed by atoms with Gasteiger partial charge in [-0.25, -0.2) is 9.97 Å². The third-order valence-corrected chi connectivity index (χ3v) is 4.80. The smallest absolute Gasteiger partial charge is 0.243 e. The van der Waals surface area contributed by atoms with Gasteiger partial charge in [-0.15, -0.1) is 6.58 Å². The second-order valence-corrected chi connectivity index (χ2v) is 6.75. The number of para-hydroxylation sites is 2. The normalized spacial score (nSPS) is 15.6. The number of aromatic nitrogens is 2. The van der Waals surface area contributed by atoms with Crippen LogP contribution in [-0.4, -0.2) is 35.5 Å². The molecule has 1 aliphatic heterocycles. The lowest BCUT2D eigenvalue weighted by molar-refractivity contribution is -0.121. The van der Waals surface area contributed by atoms with Crippen LogP contribution in [0.4, 0.5) is 5.82 Å². The predicted octanol–water partition coefficient (Wildman–Crippen LogP) is 3.31. The molecular weight excluding hydrogens is 338 g/mol. The molecule has 1 aromatic carbocycles. The molecule has 0 radical (unpaired) electrons. The van der Waals surface area contributed by atoms with E-state index in [4.69, 9.17) is 9.97 Å². The van der Waals surface area contributed by atoms with Crippen molar-refractivity contribution < 1.29 is 4.79 Å². The number of anilines is 1. The number of nitriles is 1. The van der Waals surface area contributed by atoms with Gasteiger partial charge in [0.2, 0.25) is 5.91 Å². The molecule has 1 atom stereocenters. The van der Waals surface area contributed by atoms with Crippen LogP contribution in [0.25, 0.3) is 11.0 Å². The molecule has 1 fully saturated rings. The first kappa shape index (κ1) is 18.8. The summed E-state index contributed by atoms with van der Waals surface area (Å²) in [6, 6.07) is 9.73. The Hall–Kier alpha value is -2.94. The van der Waals surface area contributed by atoms with E-state index in [1.54, 1.807) is 6.08 Å². The lowest BCUT2D eigenvalue weighted by atomic mass is 10.0. The number of carbonyl (C=O) groups is 1. The van der Waals surface area contributed by atoms with E-state index in [0.29, 0.717) is 30.0 Å². The van der Waals surface area contributed by atoms with Crippen molar-refractivity contribution in [3.05, 3.63) is 42.6 Å². The number of rotatable bonds is 6. The van der Waals surface area contributed by atoms with E-state index in [0.717, 1.165) is 31.4 Å². The van der Waals surface area contributed by atoms with Crippen LogP contribution in [0.3, 0.4) is 0 Å². The van der Waals surface area contributed by atoms with Crippen molar-refractivity contribution >= 4 is 22.8 Å². The fourth-order valence-corrected chi connectivity index (χ4v) is 3.36. The standard InChI is InChI=1S/C21H25N5O/c1-2-3-12-23-21(27)16(15-22)19-20(26-13-8-4-5-9-14-26)25-18-11-7-6-10-17(18)24-19/h2,6-7,10-11,16H,1,3-5,8-9,12-14H2,(H,23,27). The number of nitrogens with zero attached hydrogens (tertiary/aromatic N) is 4. The van der Waals surface area contributed by atoms with E-state index in [-0.39, 0.29) is 5.91 Å². The molecule has 0 aliphatic carbocycles. The molecule has 2 aromatic rings. The summed E-state index contributed by atoms with van der Waals surface area (Å²) in [6.07, 6.45) is 6.94. The van der Waals surface area contributed by atoms with Crippen LogP contribution in [0.2, 0.25) is 0 Å². The third-order valence-electron chi connectivity index (χ3n) is 4.80. The van der Waals surface area contributed by atoms with Gasteiger partial charge in [-0.05, 0) is 31.4 Å². The van der Waals surface area contributed by atoms with Gasteiger partial charge in [0.25, 0.3) is 0 Å². The molecule has 3 rings (SSSR count). The lowest BCUT2D eigenvalue weighted by Gasteiger charge is -2.25. The van der Waals surface area contributed by atoms with E-state index in [1.807, 2.05) is 24.3 Å². The second kappa shape index (κ2) is 9.13. The average molecular weight is 363 g/mol. The zero-order valence-electron chi connectivity index (χ0n) is 15.5. The zero-order valence-corrected chi connectivity index (χ0v) is 15.5. The third kappa shape index (κ3) is 4.43. The van der Waals surface area contributed by atoms with E-state index in [1.165, 1.54) is 12.8 Å². The maximum atomic E-state index is 12.6. The van der Waals surface area contributed by atoms with Crippen LogP contribution in [0.5, 0.6) is 0 Å². The van der Waals surface area contributed by atoms with Crippen LogP contribution >= 0.6 is 0 Å². The molecule has 1 N–H and O–H groups in total. The van der Waals surface area contributed by atoms with Gasteiger partial charge in [0.15, 0.2) is 11.7 Å². The van der Waals surface area contributed by atoms with Crippen LogP contribution in [0, 0.1) is 11.3 Å². The summed E-state index contributed by atoms with van der Waals surface area (Å²) >= 11 is 0. The van der Waals surface area contributed by atoms with Crippen LogP contribution in [0.1, 0.15) is 43.7 Å². The Morgan fingerprint density at radius 2 is 1.89 bits per heavy atom. The summed E-state index contributed by atoms with van der Waals surface area (Å²) in [5.41, 5.74) is 1.93. The minimum absolute atomic E-state index is 0.333. The Morgan fingerprint density at radius 3 is 2.52 bits per heavy atom. The molecule has 0 saturated carbocycles. The molecule has 1 aromatic heterocycles. The fourth-order valence-electron chi connectivity index (χ4n) is 3.36. The van der Waals surface area contributed by atoms with Crippen molar-refractivity contribution in [3.63, 3.8) is 0 Å². The highest BCUT2D eigenvalue weighted by atomic mass is 16.1. The van der Waals surface area contributed by atoms with Crippen LogP contribution < -0.4 is 10.2 Å². The van der Waals surface area contributed by atoms with Gasteiger partial charge < -0.3 is 10.2 Å². The highest BCUT2D eigenvalue weighted by Crippen LogP contribution is 2.29. The highest BCUT2D eigenvalue weighted by molar-refractivity contribution is 5.88. The largest absolute Gasteiger partial charge is 0.355 e. The van der Waals surface area contributed by atoms with Gasteiger partial charge in [-0.2, -0.15) is 5.26 Å². The molecule has 1 aliphatic rings. The van der Waals surface area contributed by atoms with Crippen molar-refractivity contribution in [2.45, 2.75) is 38.0 Å². The molecule has 1 saturated heterocycles. The molecule has 0 spiro atoms. The molecule has 1 amide bonds. The number of hydrogen-bond donors (Lipinski definition) is 1. The zero-order chi connectivity index (χ0) is 19.1. The number of hydrogen-bond acceptors (Lipinski definition) is 5. The molecule has 6 nitrogen and oxygen atoms in total. The summed E-state index contributed by atoms with van der Waals surface area (Å²) in [5, 5.41) is 12.5. The average Bonchev–Trinajstić information content (AvgIpc) is 2.97. The van der Waals surface area contributed by atoms with Gasteiger partial charge in [0.05, 0.1) is 17.1 Å². The minimum Gasteiger partial charge on any atom is -0.355 e. The van der Waals surface area contributed by atoms with Gasteiger partial charge in [0, 0.05) is 19.6 Å². The molecule has 140 valence electrons. The maximum absolute atomic E-state index is 12.6. The minimum atomic E-state index is -0.981. The van der Waals surface area contributed by atoms with Gasteiger partial charge in [-0.1, -0.05) is 31.1 Å². The van der Waals surface area contributed by atoms with Crippen molar-refractivity contribution in [1.29, 1.82) is 5.26 Å². The van der Waals surface area contributed by atoms with Crippen molar-refractivity contribution in [2.24, 2.45) is 0 Å². The molecule has 27 heavy (non-hydrogen) atoms. The predicted molar refractivity (Wildman–Crippen MR) is 106 cm³/mol. The Balaban J connectivity index is 2.02. The number of benzene rings is 1. The van der Waals surface area contributed by atoms with E-state index in [2.05, 4.69) is 22.9 Å². The Kier molecular flexibility index (Phi) is 6.37. The van der Waals surface area contributed by atoms with Gasteiger partial charge in [0.1, 0.15) is 5.69 Å². The fraction of sp³-hybridized carbons (Fsp3) is 0.429. The first-order chi connectivity index (χ1) is 13.2. The van der Waals surface area contributed by atoms with Crippen LogP contribution in [-0.2, 0) is 4.79 Å². The van der Waals surface area contributed by atoms with E-state index < -0.39 is 5.92 Å².